The zero-order valence-corrected chi connectivity index (χ0v) is 29.9. The van der Waals surface area contributed by atoms with Crippen LogP contribution in [0.25, 0.3) is 93.4 Å². The Balaban J connectivity index is 1.28. The van der Waals surface area contributed by atoms with Gasteiger partial charge in [0.1, 0.15) is 39.0 Å². The van der Waals surface area contributed by atoms with Gasteiger partial charge in [0, 0.05) is 39.9 Å². The van der Waals surface area contributed by atoms with E-state index in [1.807, 2.05) is 42.6 Å². The van der Waals surface area contributed by atoms with Crippen LogP contribution < -0.4 is 4.40 Å². The number of hydrogen-bond donors (Lipinski definition) is 0. The third-order valence-electron chi connectivity index (χ3n) is 10.7. The van der Waals surface area contributed by atoms with E-state index in [4.69, 9.17) is 13.8 Å². The van der Waals surface area contributed by atoms with Crippen LogP contribution >= 0.6 is 0 Å². The Hall–Kier alpha value is -7.44. The van der Waals surface area contributed by atoms with Crippen LogP contribution in [0.4, 0.5) is 0 Å². The fourth-order valence-corrected chi connectivity index (χ4v) is 8.04. The topological polar surface area (TPSA) is 52.1 Å². The van der Waals surface area contributed by atoms with Gasteiger partial charge in [0.2, 0.25) is 0 Å². The van der Waals surface area contributed by atoms with Crippen molar-refractivity contribution in [3.05, 3.63) is 188 Å². The van der Waals surface area contributed by atoms with Gasteiger partial charge < -0.3 is 8.83 Å². The molecule has 9 aromatic heterocycles. The molecule has 0 unspecified atom stereocenters. The lowest BCUT2D eigenvalue weighted by Gasteiger charge is -2.03. The maximum absolute atomic E-state index is 6.67. The summed E-state index contributed by atoms with van der Waals surface area (Å²) in [6, 6.07) is 58.8. The average Bonchev–Trinajstić information content (AvgIpc) is 3.77. The van der Waals surface area contributed by atoms with E-state index < -0.39 is 0 Å². The number of imidazole rings is 1. The number of aryl methyl sites for hydroxylation is 1. The number of aromatic nitrogens is 4. The number of nitrogens with zero attached hydrogens (tertiary/aromatic N) is 4. The van der Waals surface area contributed by atoms with Crippen LogP contribution in [0.2, 0.25) is 0 Å². The van der Waals surface area contributed by atoms with Crippen molar-refractivity contribution in [2.45, 2.75) is 6.92 Å². The molecule has 55 heavy (non-hydrogen) atoms. The molecule has 0 N–H and O–H groups in total. The Labute approximate surface area is 314 Å². The van der Waals surface area contributed by atoms with Crippen LogP contribution in [0.3, 0.4) is 0 Å². The summed E-state index contributed by atoms with van der Waals surface area (Å²) in [6.45, 7) is 2.14. The van der Waals surface area contributed by atoms with Crippen molar-refractivity contribution in [2.75, 3.05) is 0 Å². The van der Waals surface area contributed by atoms with Gasteiger partial charge in [-0.1, -0.05) is 78.9 Å². The van der Waals surface area contributed by atoms with E-state index in [1.54, 1.807) is 0 Å². The lowest BCUT2D eigenvalue weighted by atomic mass is 10.1. The van der Waals surface area contributed by atoms with Crippen LogP contribution in [0.15, 0.2) is 191 Å². The fourth-order valence-electron chi connectivity index (χ4n) is 8.04. The molecule has 0 atom stereocenters. The van der Waals surface area contributed by atoms with Crippen molar-refractivity contribution in [3.8, 4) is 0 Å². The van der Waals surface area contributed by atoms with Gasteiger partial charge in [-0.05, 0) is 102 Å². The SMILES string of the molecule is Cc1cc2ncc1c1ccc(cc1)oc1ccc(cc1)c1ccccc1[n+]1cn(c3cccc(c3)oc3ccc4c5ccccc5n2c4c3)c2ccccc21. The Morgan fingerprint density at radius 1 is 0.473 bits per heavy atom. The second-order valence-corrected chi connectivity index (χ2v) is 14.0. The van der Waals surface area contributed by atoms with Crippen LogP contribution in [0.5, 0.6) is 0 Å². The van der Waals surface area contributed by atoms with Crippen LogP contribution in [0, 0.1) is 6.92 Å². The molecular formula is C49H33N4O2+. The van der Waals surface area contributed by atoms with Gasteiger partial charge in [0.05, 0.1) is 11.0 Å². The molecule has 6 nitrogen and oxygen atoms in total. The fraction of sp³-hybridized carbons (Fsp3) is 0.0204. The predicted molar refractivity (Wildman–Crippen MR) is 224 cm³/mol. The Morgan fingerprint density at radius 3 is 1.87 bits per heavy atom. The zero-order chi connectivity index (χ0) is 36.5. The molecule has 0 saturated heterocycles. The quantitative estimate of drug-likeness (QED) is 0.147. The van der Waals surface area contributed by atoms with E-state index >= 15 is 0 Å². The number of rotatable bonds is 0. The van der Waals surface area contributed by atoms with E-state index in [9.17, 15) is 0 Å². The highest BCUT2D eigenvalue weighted by Gasteiger charge is 2.14. The number of para-hydroxylation sites is 4. The highest BCUT2D eigenvalue weighted by Crippen LogP contribution is 2.31. The van der Waals surface area contributed by atoms with Gasteiger partial charge in [-0.15, -0.1) is 0 Å². The Bertz CT molecular complexity index is 3540. The molecule has 16 aromatic rings. The first-order valence-corrected chi connectivity index (χ1v) is 18.4. The Morgan fingerprint density at radius 2 is 1.09 bits per heavy atom. The molecule has 260 valence electrons. The first-order valence-electron chi connectivity index (χ1n) is 18.4. The van der Waals surface area contributed by atoms with Crippen molar-refractivity contribution in [1.29, 1.82) is 0 Å². The summed E-state index contributed by atoms with van der Waals surface area (Å²) in [4.78, 5) is 5.05. The van der Waals surface area contributed by atoms with E-state index in [0.29, 0.717) is 0 Å². The predicted octanol–water partition coefficient (Wildman–Crippen LogP) is 12.3. The number of benzene rings is 7. The highest BCUT2D eigenvalue weighted by molar-refractivity contribution is 6.10. The second kappa shape index (κ2) is 12.3. The molecule has 0 amide bonds. The smallest absolute Gasteiger partial charge is 0.255 e. The summed E-state index contributed by atoms with van der Waals surface area (Å²) in [6.07, 6.45) is 4.14. The number of fused-ring (bicyclic) bond motifs is 3. The van der Waals surface area contributed by atoms with Gasteiger partial charge in [-0.25, -0.2) is 4.98 Å². The summed E-state index contributed by atoms with van der Waals surface area (Å²) >= 11 is 0. The minimum atomic E-state index is 0.748. The lowest BCUT2D eigenvalue weighted by molar-refractivity contribution is -0.480. The van der Waals surface area contributed by atoms with Gasteiger partial charge in [0.25, 0.3) is 6.33 Å². The van der Waals surface area contributed by atoms with Crippen molar-refractivity contribution in [2.24, 2.45) is 0 Å². The van der Waals surface area contributed by atoms with Crippen molar-refractivity contribution in [1.82, 2.24) is 13.8 Å². The van der Waals surface area contributed by atoms with E-state index in [0.717, 1.165) is 99.0 Å². The van der Waals surface area contributed by atoms with E-state index in [2.05, 4.69) is 160 Å². The molecule has 0 radical (unpaired) electrons. The highest BCUT2D eigenvalue weighted by atomic mass is 16.3. The molecule has 0 saturated carbocycles. The minimum absolute atomic E-state index is 0.748. The standard InChI is InChI=1S/C49H33N4O2/c1-32-27-49-50-30-43(32)34-19-23-37(24-20-34)54-36-21-17-33(18-22-36)40-11-2-4-13-44(40)52-31-51(46-15-6-7-16-47(46)52)35-9-8-10-38(28-35)55-39-25-26-42-41-12-3-5-14-45(41)53(49)48(42)29-39/h2-31H,1H3/q+1. The van der Waals surface area contributed by atoms with E-state index in [-0.39, 0.29) is 0 Å². The summed E-state index contributed by atoms with van der Waals surface area (Å²) in [5.74, 6) is 0. The van der Waals surface area contributed by atoms with Crippen LogP contribution in [-0.4, -0.2) is 13.8 Å². The summed E-state index contributed by atoms with van der Waals surface area (Å²) < 4.78 is 19.7. The minimum Gasteiger partial charge on any atom is -0.457 e. The Kier molecular flexibility index (Phi) is 6.97. The molecule has 12 bridgehead atoms. The number of pyridine rings is 1. The largest absolute Gasteiger partial charge is 0.457 e. The normalized spacial score (nSPS) is 11.7. The van der Waals surface area contributed by atoms with Gasteiger partial charge >= 0.3 is 0 Å². The average molecular weight is 710 g/mol. The van der Waals surface area contributed by atoms with Gasteiger partial charge in [-0.3, -0.25) is 4.40 Å². The maximum Gasteiger partial charge on any atom is 0.255 e. The molecule has 0 spiro atoms. The zero-order valence-electron chi connectivity index (χ0n) is 29.9. The second-order valence-electron chi connectivity index (χ2n) is 14.0. The van der Waals surface area contributed by atoms with Crippen molar-refractivity contribution >= 4 is 93.4 Å². The molecule has 0 aliphatic heterocycles. The van der Waals surface area contributed by atoms with Crippen molar-refractivity contribution < 1.29 is 13.2 Å². The summed E-state index contributed by atoms with van der Waals surface area (Å²) in [5, 5.41) is 6.68. The molecule has 7 aromatic carbocycles. The molecule has 0 fully saturated rings. The monoisotopic (exact) mass is 709 g/mol. The molecule has 0 aliphatic rings. The van der Waals surface area contributed by atoms with Crippen LogP contribution in [0.1, 0.15) is 5.56 Å². The number of hydrogen-bond acceptors (Lipinski definition) is 3. The molecule has 9 heterocycles. The summed E-state index contributed by atoms with van der Waals surface area (Å²) in [5.41, 5.74) is 11.4. The maximum atomic E-state index is 6.67. The molecular weight excluding hydrogens is 677 g/mol. The lowest BCUT2D eigenvalue weighted by Crippen LogP contribution is -2.18. The van der Waals surface area contributed by atoms with Gasteiger partial charge in [0.15, 0.2) is 11.0 Å². The van der Waals surface area contributed by atoms with Gasteiger partial charge in [-0.2, -0.15) is 8.80 Å². The summed E-state index contributed by atoms with van der Waals surface area (Å²) in [7, 11) is 0. The van der Waals surface area contributed by atoms with Crippen LogP contribution in [-0.2, 0) is 0 Å². The van der Waals surface area contributed by atoms with E-state index in [1.165, 1.54) is 0 Å². The third kappa shape index (κ3) is 5.18. The first-order chi connectivity index (χ1) is 27.1. The molecule has 0 aliphatic carbocycles. The molecule has 6 heteroatoms. The van der Waals surface area contributed by atoms with Crippen molar-refractivity contribution in [3.63, 3.8) is 0 Å². The molecule has 16 rings (SSSR count). The first kappa shape index (κ1) is 31.1. The third-order valence-corrected chi connectivity index (χ3v) is 10.7.